The van der Waals surface area contributed by atoms with Gasteiger partial charge in [0.05, 0.1) is 24.2 Å². The minimum absolute atomic E-state index is 0.171. The highest BCUT2D eigenvalue weighted by Gasteiger charge is 2.22. The Bertz CT molecular complexity index is 707. The molecule has 2 aromatic rings. The summed E-state index contributed by atoms with van der Waals surface area (Å²) >= 11 is 5.95. The molecule has 110 valence electrons. The smallest absolute Gasteiger partial charge is 0.328 e. The molecule has 2 aromatic heterocycles. The van der Waals surface area contributed by atoms with Gasteiger partial charge in [-0.05, 0) is 24.6 Å². The second-order valence-electron chi connectivity index (χ2n) is 4.80. The maximum absolute atomic E-state index is 10.6. The average molecular weight is 308 g/mol. The van der Waals surface area contributed by atoms with Crippen LogP contribution < -0.4 is 0 Å². The topological polar surface area (TPSA) is 77.2 Å². The number of ether oxygens (including phenoxy) is 1. The SMILES string of the molecule is O=C(O)/C=C/c1ccc2nc(CCl)n(CC3CCO3)c2n1. The van der Waals surface area contributed by atoms with Gasteiger partial charge in [-0.25, -0.2) is 14.8 Å². The van der Waals surface area contributed by atoms with E-state index in [4.69, 9.17) is 21.4 Å². The molecular formula is C14H14ClN3O3. The number of aromatic nitrogens is 3. The fourth-order valence-electron chi connectivity index (χ4n) is 2.24. The van der Waals surface area contributed by atoms with Crippen molar-refractivity contribution in [2.24, 2.45) is 0 Å². The van der Waals surface area contributed by atoms with Gasteiger partial charge >= 0.3 is 5.97 Å². The highest BCUT2D eigenvalue weighted by Crippen LogP contribution is 2.21. The van der Waals surface area contributed by atoms with Crippen molar-refractivity contribution in [2.45, 2.75) is 24.9 Å². The molecule has 7 heteroatoms. The van der Waals surface area contributed by atoms with Crippen LogP contribution >= 0.6 is 11.6 Å². The van der Waals surface area contributed by atoms with E-state index in [0.29, 0.717) is 23.8 Å². The molecule has 0 saturated carbocycles. The predicted molar refractivity (Wildman–Crippen MR) is 78.1 cm³/mol. The number of hydrogen-bond donors (Lipinski definition) is 1. The van der Waals surface area contributed by atoms with Crippen LogP contribution in [0.2, 0.25) is 0 Å². The molecule has 0 radical (unpaired) electrons. The monoisotopic (exact) mass is 307 g/mol. The first kappa shape index (κ1) is 14.0. The Hall–Kier alpha value is -1.92. The molecule has 6 nitrogen and oxygen atoms in total. The van der Waals surface area contributed by atoms with E-state index in [0.717, 1.165) is 30.4 Å². The Morgan fingerprint density at radius 1 is 1.52 bits per heavy atom. The van der Waals surface area contributed by atoms with Crippen molar-refractivity contribution in [2.75, 3.05) is 6.61 Å². The van der Waals surface area contributed by atoms with Gasteiger partial charge in [0.25, 0.3) is 0 Å². The lowest BCUT2D eigenvalue weighted by Gasteiger charge is -2.27. The summed E-state index contributed by atoms with van der Waals surface area (Å²) in [6, 6.07) is 3.55. The normalized spacial score (nSPS) is 18.2. The van der Waals surface area contributed by atoms with Gasteiger partial charge in [-0.15, -0.1) is 11.6 Å². The molecule has 0 spiro atoms. The van der Waals surface area contributed by atoms with Crippen LogP contribution in [0.1, 0.15) is 17.9 Å². The third kappa shape index (κ3) is 2.91. The molecular weight excluding hydrogens is 294 g/mol. The number of imidazole rings is 1. The van der Waals surface area contributed by atoms with Gasteiger partial charge in [0.1, 0.15) is 11.3 Å². The van der Waals surface area contributed by atoms with Gasteiger partial charge in [0, 0.05) is 12.7 Å². The lowest BCUT2D eigenvalue weighted by Crippen LogP contribution is -2.31. The summed E-state index contributed by atoms with van der Waals surface area (Å²) in [7, 11) is 0. The minimum atomic E-state index is -1.00. The van der Waals surface area contributed by atoms with Gasteiger partial charge in [-0.1, -0.05) is 0 Å². The largest absolute Gasteiger partial charge is 0.478 e. The third-order valence-corrected chi connectivity index (χ3v) is 3.63. The maximum Gasteiger partial charge on any atom is 0.328 e. The standard InChI is InChI=1S/C14H14ClN3O3/c15-7-12-17-11-3-1-9(2-4-13(19)20)16-14(11)18(12)8-10-5-6-21-10/h1-4,10H,5-8H2,(H,19,20)/b4-2+. The van der Waals surface area contributed by atoms with Crippen LogP contribution in [0.25, 0.3) is 17.2 Å². The Morgan fingerprint density at radius 3 is 2.95 bits per heavy atom. The van der Waals surface area contributed by atoms with Gasteiger partial charge in [0.2, 0.25) is 0 Å². The van der Waals surface area contributed by atoms with E-state index in [1.165, 1.54) is 6.08 Å². The van der Waals surface area contributed by atoms with Crippen LogP contribution in [0.15, 0.2) is 18.2 Å². The number of alkyl halides is 1. The van der Waals surface area contributed by atoms with Crippen LogP contribution in [0, 0.1) is 0 Å². The fraction of sp³-hybridized carbons (Fsp3) is 0.357. The lowest BCUT2D eigenvalue weighted by molar-refractivity contribution is -0.131. The molecule has 1 aliphatic heterocycles. The molecule has 1 aliphatic rings. The number of halogens is 1. The van der Waals surface area contributed by atoms with Gasteiger partial charge in [0.15, 0.2) is 5.65 Å². The van der Waals surface area contributed by atoms with Crippen molar-refractivity contribution in [1.29, 1.82) is 0 Å². The van der Waals surface area contributed by atoms with Gasteiger partial charge in [-0.3, -0.25) is 0 Å². The van der Waals surface area contributed by atoms with E-state index >= 15 is 0 Å². The van der Waals surface area contributed by atoms with E-state index < -0.39 is 5.97 Å². The predicted octanol–water partition coefficient (Wildman–Crippen LogP) is 2.06. The zero-order chi connectivity index (χ0) is 14.8. The first-order chi connectivity index (χ1) is 10.2. The van der Waals surface area contributed by atoms with Crippen LogP contribution in [0.3, 0.4) is 0 Å². The van der Waals surface area contributed by atoms with Crippen LogP contribution in [-0.2, 0) is 22.0 Å². The van der Waals surface area contributed by atoms with Crippen molar-refractivity contribution >= 4 is 34.8 Å². The molecule has 3 heterocycles. The van der Waals surface area contributed by atoms with Crippen LogP contribution in [-0.4, -0.2) is 38.3 Å². The van der Waals surface area contributed by atoms with E-state index in [2.05, 4.69) is 9.97 Å². The van der Waals surface area contributed by atoms with Gasteiger partial charge < -0.3 is 14.4 Å². The molecule has 1 unspecified atom stereocenters. The highest BCUT2D eigenvalue weighted by atomic mass is 35.5. The van der Waals surface area contributed by atoms with Crippen molar-refractivity contribution in [3.05, 3.63) is 29.7 Å². The highest BCUT2D eigenvalue weighted by molar-refractivity contribution is 6.16. The van der Waals surface area contributed by atoms with E-state index in [1.54, 1.807) is 6.07 Å². The molecule has 0 aromatic carbocycles. The van der Waals surface area contributed by atoms with Crippen molar-refractivity contribution < 1.29 is 14.6 Å². The number of pyridine rings is 1. The molecule has 1 saturated heterocycles. The number of rotatable bonds is 5. The zero-order valence-electron chi connectivity index (χ0n) is 11.2. The molecule has 3 rings (SSSR count). The third-order valence-electron chi connectivity index (χ3n) is 3.39. The Labute approximate surface area is 126 Å². The van der Waals surface area contributed by atoms with Crippen molar-refractivity contribution in [3.63, 3.8) is 0 Å². The second-order valence-corrected chi connectivity index (χ2v) is 5.07. The van der Waals surface area contributed by atoms with Crippen molar-refractivity contribution in [3.8, 4) is 0 Å². The van der Waals surface area contributed by atoms with Crippen molar-refractivity contribution in [1.82, 2.24) is 14.5 Å². The first-order valence-corrected chi connectivity index (χ1v) is 7.15. The van der Waals surface area contributed by atoms with Gasteiger partial charge in [-0.2, -0.15) is 0 Å². The summed E-state index contributed by atoms with van der Waals surface area (Å²) in [4.78, 5) is 19.5. The second kappa shape index (κ2) is 5.83. The fourth-order valence-corrected chi connectivity index (χ4v) is 2.44. The summed E-state index contributed by atoms with van der Waals surface area (Å²) in [5.74, 6) is 0.0346. The maximum atomic E-state index is 10.6. The molecule has 0 bridgehead atoms. The van der Waals surface area contributed by atoms with Crippen LogP contribution in [0.4, 0.5) is 0 Å². The number of carboxylic acid groups (broad SMARTS) is 1. The summed E-state index contributed by atoms with van der Waals surface area (Å²) in [5.41, 5.74) is 2.02. The molecule has 21 heavy (non-hydrogen) atoms. The number of fused-ring (bicyclic) bond motifs is 1. The number of aliphatic carboxylic acids is 1. The number of hydrogen-bond acceptors (Lipinski definition) is 4. The van der Waals surface area contributed by atoms with E-state index in [1.807, 2.05) is 10.6 Å². The summed E-state index contributed by atoms with van der Waals surface area (Å²) in [6.45, 7) is 1.45. The number of carbonyl (C=O) groups is 1. The summed E-state index contributed by atoms with van der Waals surface area (Å²) in [6.07, 6.45) is 3.70. The first-order valence-electron chi connectivity index (χ1n) is 6.62. The minimum Gasteiger partial charge on any atom is -0.478 e. The molecule has 1 atom stereocenters. The number of carboxylic acids is 1. The molecule has 1 fully saturated rings. The molecule has 0 amide bonds. The summed E-state index contributed by atoms with van der Waals surface area (Å²) in [5, 5.41) is 8.68. The Balaban J connectivity index is 2.00. The lowest BCUT2D eigenvalue weighted by atomic mass is 10.2. The Kier molecular flexibility index (Phi) is 3.90. The zero-order valence-corrected chi connectivity index (χ0v) is 12.0. The molecule has 1 N–H and O–H groups in total. The molecule has 0 aliphatic carbocycles. The average Bonchev–Trinajstić information content (AvgIpc) is 2.77. The number of nitrogens with zero attached hydrogens (tertiary/aromatic N) is 3. The van der Waals surface area contributed by atoms with Crippen LogP contribution in [0.5, 0.6) is 0 Å². The summed E-state index contributed by atoms with van der Waals surface area (Å²) < 4.78 is 7.40. The van der Waals surface area contributed by atoms with E-state index in [9.17, 15) is 4.79 Å². The Morgan fingerprint density at radius 2 is 2.33 bits per heavy atom. The quantitative estimate of drug-likeness (QED) is 0.676. The van der Waals surface area contributed by atoms with E-state index in [-0.39, 0.29) is 6.10 Å².